The van der Waals surface area contributed by atoms with Crippen LogP contribution >= 0.6 is 24.0 Å². The van der Waals surface area contributed by atoms with Gasteiger partial charge in [0.05, 0.1) is 6.61 Å². The van der Waals surface area contributed by atoms with E-state index < -0.39 is 6.61 Å². The first-order chi connectivity index (χ1) is 14.0. The number of methoxy groups -OCH3 is 1. The number of nitrogens with zero attached hydrogens (tertiary/aromatic N) is 1. The summed E-state index contributed by atoms with van der Waals surface area (Å²) in [7, 11) is 3.28. The number of alkyl halides is 2. The Labute approximate surface area is 193 Å². The summed E-state index contributed by atoms with van der Waals surface area (Å²) in [4.78, 5) is 4.17. The van der Waals surface area contributed by atoms with Crippen molar-refractivity contribution in [3.63, 3.8) is 0 Å². The van der Waals surface area contributed by atoms with Crippen molar-refractivity contribution in [3.8, 4) is 11.5 Å². The van der Waals surface area contributed by atoms with Crippen LogP contribution in [-0.2, 0) is 17.8 Å². The zero-order chi connectivity index (χ0) is 21.1. The zero-order valence-corrected chi connectivity index (χ0v) is 19.6. The van der Waals surface area contributed by atoms with Crippen molar-refractivity contribution in [3.05, 3.63) is 59.2 Å². The minimum atomic E-state index is -2.87. The van der Waals surface area contributed by atoms with Gasteiger partial charge in [-0.1, -0.05) is 29.8 Å². The lowest BCUT2D eigenvalue weighted by Gasteiger charge is -2.15. The molecule has 0 radical (unpaired) electrons. The summed E-state index contributed by atoms with van der Waals surface area (Å²) in [6, 6.07) is 12.8. The van der Waals surface area contributed by atoms with E-state index in [4.69, 9.17) is 9.47 Å². The summed E-state index contributed by atoms with van der Waals surface area (Å²) in [5.74, 6) is 1.48. The number of ether oxygens (including phenoxy) is 3. The van der Waals surface area contributed by atoms with Crippen molar-refractivity contribution < 1.29 is 23.0 Å². The Morgan fingerprint density at radius 2 is 1.73 bits per heavy atom. The first-order valence-corrected chi connectivity index (χ1v) is 9.21. The molecule has 2 rings (SSSR count). The Kier molecular flexibility index (Phi) is 12.1. The van der Waals surface area contributed by atoms with Crippen molar-refractivity contribution in [1.82, 2.24) is 10.6 Å². The predicted molar refractivity (Wildman–Crippen MR) is 124 cm³/mol. The highest BCUT2D eigenvalue weighted by molar-refractivity contribution is 14.0. The molecule has 0 heterocycles. The van der Waals surface area contributed by atoms with Crippen LogP contribution in [0.1, 0.15) is 16.7 Å². The number of aliphatic imine (C=N–C) groups is 1. The van der Waals surface area contributed by atoms with Gasteiger partial charge in [-0.25, -0.2) is 0 Å². The molecule has 2 N–H and O–H groups in total. The van der Waals surface area contributed by atoms with Gasteiger partial charge in [-0.05, 0) is 30.7 Å². The molecule has 0 aliphatic heterocycles. The lowest BCUT2D eigenvalue weighted by molar-refractivity contribution is -0.0504. The van der Waals surface area contributed by atoms with Crippen molar-refractivity contribution in [2.45, 2.75) is 26.6 Å². The number of guanidine groups is 1. The fourth-order valence-electron chi connectivity index (χ4n) is 2.59. The van der Waals surface area contributed by atoms with Gasteiger partial charge in [-0.15, -0.1) is 24.0 Å². The van der Waals surface area contributed by atoms with Crippen LogP contribution in [0.4, 0.5) is 8.78 Å². The van der Waals surface area contributed by atoms with Crippen LogP contribution in [0.5, 0.6) is 11.5 Å². The smallest absolute Gasteiger partial charge is 0.387 e. The van der Waals surface area contributed by atoms with Crippen molar-refractivity contribution >= 4 is 29.9 Å². The fraction of sp³-hybridized carbons (Fsp3) is 0.381. The fourth-order valence-corrected chi connectivity index (χ4v) is 2.59. The van der Waals surface area contributed by atoms with Gasteiger partial charge < -0.3 is 24.8 Å². The molecule has 0 aliphatic rings. The second-order valence-corrected chi connectivity index (χ2v) is 6.25. The highest BCUT2D eigenvalue weighted by Gasteiger charge is 2.10. The maximum atomic E-state index is 12.6. The molecule has 0 saturated carbocycles. The average molecular weight is 535 g/mol. The molecule has 2 aromatic carbocycles. The number of hydrogen-bond acceptors (Lipinski definition) is 4. The molecule has 0 saturated heterocycles. The van der Waals surface area contributed by atoms with Crippen molar-refractivity contribution in [2.75, 3.05) is 27.4 Å². The van der Waals surface area contributed by atoms with Gasteiger partial charge >= 0.3 is 6.61 Å². The second kappa shape index (κ2) is 14.0. The average Bonchev–Trinajstić information content (AvgIpc) is 2.71. The minimum absolute atomic E-state index is 0. The van der Waals surface area contributed by atoms with Crippen molar-refractivity contribution in [1.29, 1.82) is 0 Å². The van der Waals surface area contributed by atoms with Crippen LogP contribution in [0.3, 0.4) is 0 Å². The van der Waals surface area contributed by atoms with E-state index in [0.29, 0.717) is 37.8 Å². The number of benzene rings is 2. The third-order valence-electron chi connectivity index (χ3n) is 4.04. The van der Waals surface area contributed by atoms with E-state index in [1.165, 1.54) is 0 Å². The lowest BCUT2D eigenvalue weighted by atomic mass is 10.1. The van der Waals surface area contributed by atoms with Crippen LogP contribution in [0.25, 0.3) is 0 Å². The molecule has 166 valence electrons. The van der Waals surface area contributed by atoms with Gasteiger partial charge in [-0.3, -0.25) is 4.99 Å². The van der Waals surface area contributed by atoms with Crippen LogP contribution in [0.2, 0.25) is 0 Å². The summed E-state index contributed by atoms with van der Waals surface area (Å²) in [6.07, 6.45) is 0. The van der Waals surface area contributed by atoms with Gasteiger partial charge in [0.1, 0.15) is 18.1 Å². The van der Waals surface area contributed by atoms with E-state index in [1.54, 1.807) is 32.4 Å². The summed E-state index contributed by atoms with van der Waals surface area (Å²) in [5, 5.41) is 6.31. The number of nitrogens with one attached hydrogen (secondary N) is 2. The molecule has 9 heteroatoms. The number of hydrogen-bond donors (Lipinski definition) is 2. The normalized spacial score (nSPS) is 11.1. The number of halogens is 3. The summed E-state index contributed by atoms with van der Waals surface area (Å²) in [6.45, 7) is 0.917. The monoisotopic (exact) mass is 535 g/mol. The molecular weight excluding hydrogens is 507 g/mol. The molecule has 30 heavy (non-hydrogen) atoms. The molecular formula is C21H28F2IN3O3. The van der Waals surface area contributed by atoms with Gasteiger partial charge in [0.2, 0.25) is 0 Å². The molecule has 0 aromatic heterocycles. The van der Waals surface area contributed by atoms with Crippen molar-refractivity contribution in [2.24, 2.45) is 4.99 Å². The number of rotatable bonds is 10. The molecule has 0 atom stereocenters. The summed E-state index contributed by atoms with van der Waals surface area (Å²) >= 11 is 0. The Morgan fingerprint density at radius 3 is 2.37 bits per heavy atom. The molecule has 0 fully saturated rings. The largest absolute Gasteiger partial charge is 0.491 e. The van der Waals surface area contributed by atoms with Crippen LogP contribution in [-0.4, -0.2) is 39.9 Å². The Morgan fingerprint density at radius 1 is 1.03 bits per heavy atom. The highest BCUT2D eigenvalue weighted by Crippen LogP contribution is 2.22. The van der Waals surface area contributed by atoms with E-state index in [0.717, 1.165) is 16.9 Å². The molecule has 0 bridgehead atoms. The van der Waals surface area contributed by atoms with Gasteiger partial charge in [0.15, 0.2) is 5.96 Å². The molecule has 0 unspecified atom stereocenters. The zero-order valence-electron chi connectivity index (χ0n) is 17.3. The minimum Gasteiger partial charge on any atom is -0.491 e. The second-order valence-electron chi connectivity index (χ2n) is 6.25. The third kappa shape index (κ3) is 9.12. The van der Waals surface area contributed by atoms with E-state index in [1.807, 2.05) is 31.2 Å². The molecule has 0 aliphatic carbocycles. The standard InChI is InChI=1S/C21H27F2N3O3.HI/c1-15-4-9-19(29-20(22)23)17(12-15)14-26-21(24-2)25-13-16-5-7-18(8-6-16)28-11-10-27-3;/h4-9,12,20H,10-11,13-14H2,1-3H3,(H2,24,25,26);1H. The molecule has 6 nitrogen and oxygen atoms in total. The first kappa shape index (κ1) is 25.9. The summed E-state index contributed by atoms with van der Waals surface area (Å²) in [5.41, 5.74) is 2.63. The predicted octanol–water partition coefficient (Wildman–Crippen LogP) is 4.10. The topological polar surface area (TPSA) is 64.1 Å². The third-order valence-corrected chi connectivity index (χ3v) is 4.04. The maximum Gasteiger partial charge on any atom is 0.387 e. The van der Waals surface area contributed by atoms with Gasteiger partial charge in [0.25, 0.3) is 0 Å². The Hall–Kier alpha value is -2.14. The summed E-state index contributed by atoms with van der Waals surface area (Å²) < 4.78 is 40.3. The molecule has 0 spiro atoms. The van der Waals surface area contributed by atoms with E-state index in [2.05, 4.69) is 20.4 Å². The lowest BCUT2D eigenvalue weighted by Crippen LogP contribution is -2.36. The highest BCUT2D eigenvalue weighted by atomic mass is 127. The quantitative estimate of drug-likeness (QED) is 0.208. The van der Waals surface area contributed by atoms with Crippen LogP contribution < -0.4 is 20.1 Å². The van der Waals surface area contributed by atoms with E-state index >= 15 is 0 Å². The van der Waals surface area contributed by atoms with Gasteiger partial charge in [-0.2, -0.15) is 8.78 Å². The van der Waals surface area contributed by atoms with E-state index in [-0.39, 0.29) is 29.7 Å². The Balaban J connectivity index is 0.00000450. The molecule has 0 amide bonds. The van der Waals surface area contributed by atoms with Gasteiger partial charge in [0, 0.05) is 32.8 Å². The number of aryl methyl sites for hydroxylation is 1. The maximum absolute atomic E-state index is 12.6. The van der Waals surface area contributed by atoms with E-state index in [9.17, 15) is 8.78 Å². The van der Waals surface area contributed by atoms with Crippen LogP contribution in [0, 0.1) is 6.92 Å². The first-order valence-electron chi connectivity index (χ1n) is 9.21. The Bertz CT molecular complexity index is 790. The molecule has 2 aromatic rings. The van der Waals surface area contributed by atoms with Crippen LogP contribution in [0.15, 0.2) is 47.5 Å². The SMILES string of the molecule is CN=C(NCc1ccc(OCCOC)cc1)NCc1cc(C)ccc1OC(F)F.I.